The number of aromatic nitrogens is 2. The summed E-state index contributed by atoms with van der Waals surface area (Å²) in [5.41, 5.74) is 2.27. The number of carboxylic acid groups (broad SMARTS) is 1. The lowest BCUT2D eigenvalue weighted by Crippen LogP contribution is -2.38. The standard InChI is InChI=1S/C12H12N4O3/c17-11(18)7-4-13-6-16(5-7)8-1-2-9-10(3-8)15-12(19)14-9/h1-3,5,13H,4,6H2,(H,17,18)(H2,14,15,19). The molecule has 0 amide bonds. The second-order valence-electron chi connectivity index (χ2n) is 4.32. The summed E-state index contributed by atoms with van der Waals surface area (Å²) in [7, 11) is 0. The predicted octanol–water partition coefficient (Wildman–Crippen LogP) is 0.192. The van der Waals surface area contributed by atoms with E-state index in [1.54, 1.807) is 23.2 Å². The zero-order valence-electron chi connectivity index (χ0n) is 9.93. The van der Waals surface area contributed by atoms with Crippen molar-refractivity contribution >= 4 is 22.7 Å². The Labute approximate surface area is 107 Å². The van der Waals surface area contributed by atoms with Crippen molar-refractivity contribution in [2.24, 2.45) is 0 Å². The van der Waals surface area contributed by atoms with E-state index in [-0.39, 0.29) is 5.69 Å². The highest BCUT2D eigenvalue weighted by atomic mass is 16.4. The molecule has 0 radical (unpaired) electrons. The maximum atomic E-state index is 11.2. The number of nitrogens with zero attached hydrogens (tertiary/aromatic N) is 1. The van der Waals surface area contributed by atoms with Crippen molar-refractivity contribution in [2.45, 2.75) is 0 Å². The number of H-pyrrole nitrogens is 2. The summed E-state index contributed by atoms with van der Waals surface area (Å²) in [4.78, 5) is 29.3. The van der Waals surface area contributed by atoms with Gasteiger partial charge in [-0.25, -0.2) is 9.59 Å². The van der Waals surface area contributed by atoms with Crippen LogP contribution in [0.5, 0.6) is 0 Å². The van der Waals surface area contributed by atoms with Crippen molar-refractivity contribution in [1.29, 1.82) is 0 Å². The number of imidazole rings is 1. The lowest BCUT2D eigenvalue weighted by atomic mass is 10.2. The molecule has 0 bridgehead atoms. The molecule has 0 aliphatic carbocycles. The fourth-order valence-electron chi connectivity index (χ4n) is 2.09. The van der Waals surface area contributed by atoms with Crippen LogP contribution in [0.3, 0.4) is 0 Å². The van der Waals surface area contributed by atoms with Crippen LogP contribution in [-0.4, -0.2) is 34.3 Å². The zero-order chi connectivity index (χ0) is 13.4. The van der Waals surface area contributed by atoms with Crippen molar-refractivity contribution in [3.63, 3.8) is 0 Å². The van der Waals surface area contributed by atoms with Gasteiger partial charge in [0, 0.05) is 18.4 Å². The normalized spacial score (nSPS) is 15.6. The number of aliphatic carboxylic acids is 1. The van der Waals surface area contributed by atoms with Gasteiger partial charge in [0.2, 0.25) is 0 Å². The molecule has 2 aromatic rings. The number of carboxylic acids is 1. The van der Waals surface area contributed by atoms with Crippen molar-refractivity contribution in [3.8, 4) is 0 Å². The average Bonchev–Trinajstić information content (AvgIpc) is 2.77. The van der Waals surface area contributed by atoms with Crippen molar-refractivity contribution in [2.75, 3.05) is 18.1 Å². The molecule has 0 atom stereocenters. The molecule has 7 nitrogen and oxygen atoms in total. The summed E-state index contributed by atoms with van der Waals surface area (Å²) in [5, 5.41) is 12.0. The van der Waals surface area contributed by atoms with E-state index in [1.807, 2.05) is 6.07 Å². The highest BCUT2D eigenvalue weighted by molar-refractivity contribution is 5.88. The lowest BCUT2D eigenvalue weighted by Gasteiger charge is -2.26. The Morgan fingerprint density at radius 1 is 1.26 bits per heavy atom. The summed E-state index contributed by atoms with van der Waals surface area (Å²) in [6.07, 6.45) is 1.60. The third-order valence-electron chi connectivity index (χ3n) is 3.02. The molecule has 0 fully saturated rings. The summed E-state index contributed by atoms with van der Waals surface area (Å²) in [6.45, 7) is 0.867. The van der Waals surface area contributed by atoms with Gasteiger partial charge in [-0.2, -0.15) is 0 Å². The monoisotopic (exact) mass is 260 g/mol. The molecule has 19 heavy (non-hydrogen) atoms. The molecule has 0 saturated heterocycles. The number of fused-ring (bicyclic) bond motifs is 1. The van der Waals surface area contributed by atoms with E-state index in [4.69, 9.17) is 5.11 Å². The number of aromatic amines is 2. The van der Waals surface area contributed by atoms with Crippen LogP contribution in [0.4, 0.5) is 5.69 Å². The summed E-state index contributed by atoms with van der Waals surface area (Å²) < 4.78 is 0. The largest absolute Gasteiger partial charge is 0.478 e. The first kappa shape index (κ1) is 11.5. The number of benzene rings is 1. The Balaban J connectivity index is 2.01. The number of anilines is 1. The maximum Gasteiger partial charge on any atom is 0.334 e. The molecule has 0 unspecified atom stereocenters. The van der Waals surface area contributed by atoms with Crippen LogP contribution in [0.15, 0.2) is 34.8 Å². The highest BCUT2D eigenvalue weighted by Gasteiger charge is 2.16. The number of hydrogen-bond acceptors (Lipinski definition) is 4. The molecule has 1 aromatic carbocycles. The van der Waals surface area contributed by atoms with E-state index >= 15 is 0 Å². The minimum absolute atomic E-state index is 0.259. The quantitative estimate of drug-likeness (QED) is 0.617. The first-order valence-corrected chi connectivity index (χ1v) is 5.77. The van der Waals surface area contributed by atoms with E-state index in [1.165, 1.54) is 0 Å². The van der Waals surface area contributed by atoms with Gasteiger partial charge in [0.05, 0.1) is 23.3 Å². The second kappa shape index (κ2) is 4.29. The molecule has 7 heteroatoms. The van der Waals surface area contributed by atoms with Gasteiger partial charge in [0.25, 0.3) is 0 Å². The summed E-state index contributed by atoms with van der Waals surface area (Å²) in [5.74, 6) is -0.937. The Bertz CT molecular complexity index is 728. The van der Waals surface area contributed by atoms with Crippen molar-refractivity contribution < 1.29 is 9.90 Å². The molecular formula is C12H12N4O3. The topological polar surface area (TPSA) is 101 Å². The molecule has 1 aliphatic heterocycles. The summed E-state index contributed by atoms with van der Waals surface area (Å²) in [6, 6.07) is 5.41. The first-order chi connectivity index (χ1) is 9.13. The molecule has 0 spiro atoms. The van der Waals surface area contributed by atoms with Crippen LogP contribution in [0, 0.1) is 0 Å². The molecule has 4 N–H and O–H groups in total. The first-order valence-electron chi connectivity index (χ1n) is 5.77. The lowest BCUT2D eigenvalue weighted by molar-refractivity contribution is -0.132. The third-order valence-corrected chi connectivity index (χ3v) is 3.02. The van der Waals surface area contributed by atoms with E-state index < -0.39 is 5.97 Å². The molecule has 0 saturated carbocycles. The molecule has 1 aliphatic rings. The van der Waals surface area contributed by atoms with Gasteiger partial charge < -0.3 is 20.0 Å². The van der Waals surface area contributed by atoms with Crippen LogP contribution >= 0.6 is 0 Å². The van der Waals surface area contributed by atoms with E-state index in [0.29, 0.717) is 24.3 Å². The van der Waals surface area contributed by atoms with Gasteiger partial charge in [-0.1, -0.05) is 0 Å². The molecule has 1 aromatic heterocycles. The van der Waals surface area contributed by atoms with Gasteiger partial charge in [0.15, 0.2) is 0 Å². The van der Waals surface area contributed by atoms with Gasteiger partial charge in [-0.15, -0.1) is 0 Å². The van der Waals surface area contributed by atoms with Crippen LogP contribution in [0.1, 0.15) is 0 Å². The minimum atomic E-state index is -0.937. The van der Waals surface area contributed by atoms with Gasteiger partial charge >= 0.3 is 11.7 Å². The highest BCUT2D eigenvalue weighted by Crippen LogP contribution is 2.20. The number of rotatable bonds is 2. The van der Waals surface area contributed by atoms with Gasteiger partial charge in [-0.3, -0.25) is 5.32 Å². The zero-order valence-corrected chi connectivity index (χ0v) is 9.93. The third kappa shape index (κ3) is 2.11. The van der Waals surface area contributed by atoms with Crippen LogP contribution in [0.25, 0.3) is 11.0 Å². The van der Waals surface area contributed by atoms with Gasteiger partial charge in [-0.05, 0) is 18.2 Å². The Kier molecular flexibility index (Phi) is 2.60. The Morgan fingerprint density at radius 2 is 2.05 bits per heavy atom. The van der Waals surface area contributed by atoms with Crippen LogP contribution < -0.4 is 15.9 Å². The van der Waals surface area contributed by atoms with Crippen molar-refractivity contribution in [1.82, 2.24) is 15.3 Å². The van der Waals surface area contributed by atoms with Crippen LogP contribution in [-0.2, 0) is 4.79 Å². The SMILES string of the molecule is O=C(O)C1=CN(c2ccc3[nH]c(=O)[nH]c3c2)CNC1. The molecular weight excluding hydrogens is 248 g/mol. The number of hydrogen-bond donors (Lipinski definition) is 4. The molecule has 98 valence electrons. The predicted molar refractivity (Wildman–Crippen MR) is 70.0 cm³/mol. The van der Waals surface area contributed by atoms with E-state index in [2.05, 4.69) is 15.3 Å². The summed E-state index contributed by atoms with van der Waals surface area (Å²) >= 11 is 0. The second-order valence-corrected chi connectivity index (χ2v) is 4.32. The minimum Gasteiger partial charge on any atom is -0.478 e. The maximum absolute atomic E-state index is 11.2. The smallest absolute Gasteiger partial charge is 0.334 e. The Morgan fingerprint density at radius 3 is 2.84 bits per heavy atom. The molecule has 2 heterocycles. The number of nitrogens with one attached hydrogen (secondary N) is 3. The van der Waals surface area contributed by atoms with Crippen LogP contribution in [0.2, 0.25) is 0 Å². The Hall–Kier alpha value is -2.54. The van der Waals surface area contributed by atoms with Gasteiger partial charge in [0.1, 0.15) is 0 Å². The van der Waals surface area contributed by atoms with E-state index in [0.717, 1.165) is 11.2 Å². The fourth-order valence-corrected chi connectivity index (χ4v) is 2.09. The number of carbonyl (C=O) groups is 1. The fraction of sp³-hybridized carbons (Fsp3) is 0.167. The average molecular weight is 260 g/mol. The van der Waals surface area contributed by atoms with E-state index in [9.17, 15) is 9.59 Å². The van der Waals surface area contributed by atoms with Crippen molar-refractivity contribution in [3.05, 3.63) is 40.5 Å². The molecule has 3 rings (SSSR count).